The maximum absolute atomic E-state index is 13.6. The molecular weight excluding hydrogens is 670 g/mol. The van der Waals surface area contributed by atoms with Crippen molar-refractivity contribution in [2.45, 2.75) is 77.2 Å². The number of carboxylic acid groups (broad SMARTS) is 1. The van der Waals surface area contributed by atoms with Crippen LogP contribution in [0.2, 0.25) is 0 Å². The molecule has 3 N–H and O–H groups in total. The first kappa shape index (κ1) is 37.4. The van der Waals surface area contributed by atoms with E-state index in [4.69, 9.17) is 18.9 Å². The second-order valence-corrected chi connectivity index (χ2v) is 14.4. The molecule has 5 rings (SSSR count). The van der Waals surface area contributed by atoms with Crippen LogP contribution in [-0.4, -0.2) is 76.4 Å². The zero-order chi connectivity index (χ0) is 37.8. The Morgan fingerprint density at radius 1 is 0.731 bits per heavy atom. The van der Waals surface area contributed by atoms with Gasteiger partial charge in [0.2, 0.25) is 0 Å². The second kappa shape index (κ2) is 15.2. The zero-order valence-electron chi connectivity index (χ0n) is 29.9. The number of fused-ring (bicyclic) bond motifs is 4. The molecule has 1 aliphatic rings. The molecule has 13 heteroatoms. The average molecular weight is 714 g/mol. The Morgan fingerprint density at radius 2 is 1.29 bits per heavy atom. The fraction of sp³-hybridized carbons (Fsp3) is 0.359. The van der Waals surface area contributed by atoms with Gasteiger partial charge in [-0.3, -0.25) is 4.57 Å². The van der Waals surface area contributed by atoms with Crippen molar-refractivity contribution in [1.82, 2.24) is 15.2 Å². The summed E-state index contributed by atoms with van der Waals surface area (Å²) in [7, 11) is 0. The lowest BCUT2D eigenvalue weighted by Crippen LogP contribution is -2.48. The maximum Gasteiger partial charge on any atom is 0.419 e. The quantitative estimate of drug-likeness (QED) is 0.123. The zero-order valence-corrected chi connectivity index (χ0v) is 29.9. The Bertz CT molecular complexity index is 1940. The molecule has 274 valence electrons. The number of ether oxygens (including phenoxy) is 4. The summed E-state index contributed by atoms with van der Waals surface area (Å²) in [6.07, 6.45) is -1.23. The van der Waals surface area contributed by atoms with Gasteiger partial charge in [-0.25, -0.2) is 24.0 Å². The lowest BCUT2D eigenvalue weighted by Gasteiger charge is -2.23. The van der Waals surface area contributed by atoms with Gasteiger partial charge in [-0.2, -0.15) is 0 Å². The van der Waals surface area contributed by atoms with Gasteiger partial charge in [0, 0.05) is 23.9 Å². The maximum atomic E-state index is 13.6. The van der Waals surface area contributed by atoms with Crippen LogP contribution in [0.4, 0.5) is 14.4 Å². The highest BCUT2D eigenvalue weighted by Crippen LogP contribution is 2.44. The van der Waals surface area contributed by atoms with Gasteiger partial charge in [-0.05, 0) is 75.4 Å². The van der Waals surface area contributed by atoms with E-state index < -0.39 is 60.1 Å². The molecule has 13 nitrogen and oxygen atoms in total. The molecule has 0 spiro atoms. The number of aromatic nitrogens is 1. The first-order chi connectivity index (χ1) is 24.5. The number of rotatable bonds is 10. The van der Waals surface area contributed by atoms with Gasteiger partial charge in [0.1, 0.15) is 30.5 Å². The summed E-state index contributed by atoms with van der Waals surface area (Å²) in [5, 5.41) is 15.1. The number of alkyl carbamates (subject to hydrolysis) is 2. The van der Waals surface area contributed by atoms with E-state index in [2.05, 4.69) is 10.6 Å². The van der Waals surface area contributed by atoms with Crippen molar-refractivity contribution in [2.75, 3.05) is 13.2 Å². The van der Waals surface area contributed by atoms with E-state index in [1.54, 1.807) is 65.8 Å². The number of nitrogens with one attached hydrogen (secondary N) is 2. The molecule has 0 bridgehead atoms. The molecular formula is C39H43N3O10. The van der Waals surface area contributed by atoms with E-state index in [0.29, 0.717) is 16.5 Å². The molecule has 3 aromatic carbocycles. The minimum Gasteiger partial charge on any atom is -0.480 e. The number of esters is 1. The van der Waals surface area contributed by atoms with E-state index in [9.17, 15) is 29.1 Å². The highest BCUT2D eigenvalue weighted by Gasteiger charge is 2.32. The summed E-state index contributed by atoms with van der Waals surface area (Å²) >= 11 is 0. The molecule has 1 aliphatic carbocycles. The van der Waals surface area contributed by atoms with Crippen molar-refractivity contribution >= 4 is 41.1 Å². The number of hydrogen-bond acceptors (Lipinski definition) is 9. The van der Waals surface area contributed by atoms with Crippen LogP contribution in [0.1, 0.15) is 64.2 Å². The molecule has 4 aromatic rings. The number of nitrogens with zero attached hydrogens (tertiary/aromatic N) is 1. The molecule has 2 atom stereocenters. The summed E-state index contributed by atoms with van der Waals surface area (Å²) in [4.78, 5) is 64.4. The number of hydrogen-bond donors (Lipinski definition) is 3. The van der Waals surface area contributed by atoms with E-state index >= 15 is 0 Å². The van der Waals surface area contributed by atoms with Crippen LogP contribution in [0.5, 0.6) is 0 Å². The number of benzene rings is 3. The Kier molecular flexibility index (Phi) is 10.9. The Labute approximate surface area is 301 Å². The van der Waals surface area contributed by atoms with Gasteiger partial charge in [-0.15, -0.1) is 0 Å². The standard InChI is InChI=1S/C39H43N3O10/c1-38(2,3)51-36(47)41-31(33(43)44)22-49-34(45)30(19-23-20-42(37(48)52-39(4,5)6)32-18-12-11-13-24(23)32)40-35(46)50-21-29-27-16-9-7-14-25(27)26-15-8-10-17-28(26)29/h7-18,20,29-31H,19,21-22H2,1-6H3,(H,40,46)(H,41,47)(H,43,44)/t30-,31-/m0/s1. The predicted octanol–water partition coefficient (Wildman–Crippen LogP) is 6.40. The Morgan fingerprint density at radius 3 is 1.88 bits per heavy atom. The lowest BCUT2D eigenvalue weighted by molar-refractivity contribution is -0.150. The van der Waals surface area contributed by atoms with Gasteiger partial charge in [-0.1, -0.05) is 66.7 Å². The highest BCUT2D eigenvalue weighted by molar-refractivity contribution is 5.93. The SMILES string of the molecule is CC(C)(C)OC(=O)N[C@@H](COC(=O)[C@H](Cc1cn(C(=O)OC(C)(C)C)c2ccccc12)NC(=O)OCC1c2ccccc2-c2ccccc21)C(=O)O. The average Bonchev–Trinajstić information content (AvgIpc) is 3.59. The topological polar surface area (TPSA) is 171 Å². The molecule has 0 aliphatic heterocycles. The van der Waals surface area contributed by atoms with Crippen molar-refractivity contribution in [2.24, 2.45) is 0 Å². The van der Waals surface area contributed by atoms with E-state index in [-0.39, 0.29) is 18.9 Å². The Balaban J connectivity index is 1.37. The first-order valence-electron chi connectivity index (χ1n) is 16.8. The second-order valence-electron chi connectivity index (χ2n) is 14.4. The number of carboxylic acids is 1. The van der Waals surface area contributed by atoms with Crippen LogP contribution in [-0.2, 0) is 35.0 Å². The number of aliphatic carboxylic acids is 1. The van der Waals surface area contributed by atoms with Crippen LogP contribution in [0.3, 0.4) is 0 Å². The molecule has 0 fully saturated rings. The van der Waals surface area contributed by atoms with Crippen molar-refractivity contribution in [3.8, 4) is 11.1 Å². The Hall–Kier alpha value is -5.85. The predicted molar refractivity (Wildman–Crippen MR) is 191 cm³/mol. The molecule has 52 heavy (non-hydrogen) atoms. The third-order valence-corrected chi connectivity index (χ3v) is 8.11. The van der Waals surface area contributed by atoms with Gasteiger partial charge in [0.15, 0.2) is 6.04 Å². The van der Waals surface area contributed by atoms with Gasteiger partial charge in [0.25, 0.3) is 0 Å². The van der Waals surface area contributed by atoms with Crippen molar-refractivity contribution in [3.05, 3.63) is 95.7 Å². The van der Waals surface area contributed by atoms with Crippen molar-refractivity contribution < 1.29 is 48.0 Å². The first-order valence-corrected chi connectivity index (χ1v) is 16.8. The molecule has 0 unspecified atom stereocenters. The van der Waals surface area contributed by atoms with E-state index in [0.717, 1.165) is 22.3 Å². The summed E-state index contributed by atoms with van der Waals surface area (Å²) < 4.78 is 23.1. The molecule has 0 saturated carbocycles. The summed E-state index contributed by atoms with van der Waals surface area (Å²) in [6, 6.07) is 19.6. The summed E-state index contributed by atoms with van der Waals surface area (Å²) in [6.45, 7) is 9.26. The largest absolute Gasteiger partial charge is 0.480 e. The summed E-state index contributed by atoms with van der Waals surface area (Å²) in [5.74, 6) is -2.72. The van der Waals surface area contributed by atoms with Crippen molar-refractivity contribution in [3.63, 3.8) is 0 Å². The molecule has 0 saturated heterocycles. The smallest absolute Gasteiger partial charge is 0.419 e. The van der Waals surface area contributed by atoms with Crippen LogP contribution in [0.15, 0.2) is 79.0 Å². The van der Waals surface area contributed by atoms with E-state index in [1.165, 1.54) is 10.8 Å². The number of carbonyl (C=O) groups excluding carboxylic acids is 4. The van der Waals surface area contributed by atoms with Crippen LogP contribution in [0, 0.1) is 0 Å². The van der Waals surface area contributed by atoms with Gasteiger partial charge < -0.3 is 34.7 Å². The van der Waals surface area contributed by atoms with Crippen molar-refractivity contribution in [1.29, 1.82) is 0 Å². The third-order valence-electron chi connectivity index (χ3n) is 8.11. The monoisotopic (exact) mass is 713 g/mol. The normalized spacial score (nSPS) is 13.7. The number of para-hydroxylation sites is 1. The summed E-state index contributed by atoms with van der Waals surface area (Å²) in [5.41, 5.74) is 3.40. The minimum atomic E-state index is -1.65. The van der Waals surface area contributed by atoms with Crippen LogP contribution >= 0.6 is 0 Å². The molecule has 0 radical (unpaired) electrons. The number of amides is 2. The fourth-order valence-electron chi connectivity index (χ4n) is 5.96. The number of carbonyl (C=O) groups is 5. The fourth-order valence-corrected chi connectivity index (χ4v) is 5.96. The van der Waals surface area contributed by atoms with Gasteiger partial charge in [0.05, 0.1) is 5.52 Å². The third kappa shape index (κ3) is 9.08. The molecule has 1 heterocycles. The van der Waals surface area contributed by atoms with Crippen LogP contribution < -0.4 is 10.6 Å². The minimum absolute atomic E-state index is 0.0273. The lowest BCUT2D eigenvalue weighted by atomic mass is 9.98. The van der Waals surface area contributed by atoms with Crippen LogP contribution in [0.25, 0.3) is 22.0 Å². The molecule has 2 amide bonds. The van der Waals surface area contributed by atoms with Gasteiger partial charge >= 0.3 is 30.2 Å². The molecule has 1 aromatic heterocycles. The van der Waals surface area contributed by atoms with E-state index in [1.807, 2.05) is 48.5 Å². The highest BCUT2D eigenvalue weighted by atomic mass is 16.6.